The molecular weight excluding hydrogens is 182 g/mol. The van der Waals surface area contributed by atoms with Crippen LogP contribution in [0.5, 0.6) is 5.88 Å². The molecule has 2 aromatic heterocycles. The van der Waals surface area contributed by atoms with Gasteiger partial charge in [0.05, 0.1) is 12.8 Å². The summed E-state index contributed by atoms with van der Waals surface area (Å²) in [6.45, 7) is 1.81. The van der Waals surface area contributed by atoms with Gasteiger partial charge < -0.3 is 16.2 Å². The first kappa shape index (κ1) is 8.61. The van der Waals surface area contributed by atoms with E-state index in [0.29, 0.717) is 28.7 Å². The predicted octanol–water partition coefficient (Wildman–Crippen LogP) is 0.211. The molecule has 2 heterocycles. The van der Waals surface area contributed by atoms with Gasteiger partial charge in [0.15, 0.2) is 5.65 Å². The maximum absolute atomic E-state index is 5.77. The van der Waals surface area contributed by atoms with Crippen LogP contribution in [0, 0.1) is 6.92 Å². The Morgan fingerprint density at radius 2 is 2.14 bits per heavy atom. The van der Waals surface area contributed by atoms with E-state index < -0.39 is 0 Å². The summed E-state index contributed by atoms with van der Waals surface area (Å²) in [6, 6.07) is 1.60. The molecule has 0 atom stereocenters. The van der Waals surface area contributed by atoms with Gasteiger partial charge in [0.1, 0.15) is 11.5 Å². The highest BCUT2D eigenvalue weighted by atomic mass is 16.5. The Morgan fingerprint density at radius 3 is 2.79 bits per heavy atom. The number of aryl methyl sites for hydroxylation is 1. The highest BCUT2D eigenvalue weighted by Gasteiger charge is 2.11. The lowest BCUT2D eigenvalue weighted by Crippen LogP contribution is -2.01. The zero-order chi connectivity index (χ0) is 10.3. The second-order valence-corrected chi connectivity index (χ2v) is 2.96. The molecule has 0 saturated carbocycles. The van der Waals surface area contributed by atoms with Gasteiger partial charge in [-0.3, -0.25) is 0 Å². The van der Waals surface area contributed by atoms with Gasteiger partial charge in [-0.25, -0.2) is 4.98 Å². The lowest BCUT2D eigenvalue weighted by atomic mass is 10.4. The van der Waals surface area contributed by atoms with Crippen molar-refractivity contribution in [3.63, 3.8) is 0 Å². The van der Waals surface area contributed by atoms with Gasteiger partial charge in [-0.15, -0.1) is 0 Å². The summed E-state index contributed by atoms with van der Waals surface area (Å²) in [6.07, 6.45) is 0. The third-order valence-electron chi connectivity index (χ3n) is 2.01. The smallest absolute Gasteiger partial charge is 0.219 e. The monoisotopic (exact) mass is 193 g/mol. The standard InChI is InChI=1S/C8H11N5O/c1-4-7(10)8-11-5(9)3-6(14-2)13(8)12-4/h3H,10H2,1-2H3,(H2,9,11). The largest absolute Gasteiger partial charge is 0.481 e. The number of aromatic nitrogens is 3. The Hall–Kier alpha value is -1.98. The highest BCUT2D eigenvalue weighted by Crippen LogP contribution is 2.22. The van der Waals surface area contributed by atoms with Crippen molar-refractivity contribution >= 4 is 17.2 Å². The van der Waals surface area contributed by atoms with Crippen molar-refractivity contribution in [3.8, 4) is 5.88 Å². The fourth-order valence-electron chi connectivity index (χ4n) is 1.28. The average molecular weight is 193 g/mol. The van der Waals surface area contributed by atoms with Crippen LogP contribution in [0.15, 0.2) is 6.07 Å². The normalized spacial score (nSPS) is 10.7. The fraction of sp³-hybridized carbons (Fsp3) is 0.250. The van der Waals surface area contributed by atoms with Crippen LogP contribution in [0.4, 0.5) is 11.5 Å². The molecule has 0 amide bonds. The molecule has 0 aromatic carbocycles. The van der Waals surface area contributed by atoms with Gasteiger partial charge in [0.25, 0.3) is 0 Å². The lowest BCUT2D eigenvalue weighted by Gasteiger charge is -2.03. The summed E-state index contributed by atoms with van der Waals surface area (Å²) in [7, 11) is 1.54. The molecule has 0 unspecified atom stereocenters. The minimum atomic E-state index is 0.362. The SMILES string of the molecule is COc1cc(N)nc2c(N)c(C)nn12. The van der Waals surface area contributed by atoms with Crippen molar-refractivity contribution in [1.82, 2.24) is 14.6 Å². The number of nitrogens with zero attached hydrogens (tertiary/aromatic N) is 3. The number of fused-ring (bicyclic) bond motifs is 1. The number of nitrogens with two attached hydrogens (primary N) is 2. The van der Waals surface area contributed by atoms with E-state index in [1.807, 2.05) is 0 Å². The van der Waals surface area contributed by atoms with Crippen molar-refractivity contribution in [1.29, 1.82) is 0 Å². The van der Waals surface area contributed by atoms with Crippen LogP contribution in [-0.4, -0.2) is 21.7 Å². The topological polar surface area (TPSA) is 91.5 Å². The van der Waals surface area contributed by atoms with Gasteiger partial charge in [-0.2, -0.15) is 9.61 Å². The number of hydrogen-bond donors (Lipinski definition) is 2. The lowest BCUT2D eigenvalue weighted by molar-refractivity contribution is 0.385. The second-order valence-electron chi connectivity index (χ2n) is 2.96. The van der Waals surface area contributed by atoms with Gasteiger partial charge in [0, 0.05) is 6.07 Å². The van der Waals surface area contributed by atoms with Gasteiger partial charge in [-0.1, -0.05) is 0 Å². The number of methoxy groups -OCH3 is 1. The summed E-state index contributed by atoms with van der Waals surface area (Å²) < 4.78 is 6.63. The molecule has 0 radical (unpaired) electrons. The summed E-state index contributed by atoms with van der Waals surface area (Å²) in [4.78, 5) is 4.08. The molecule has 74 valence electrons. The zero-order valence-electron chi connectivity index (χ0n) is 7.98. The Bertz CT molecular complexity index is 490. The van der Waals surface area contributed by atoms with Crippen molar-refractivity contribution in [2.75, 3.05) is 18.6 Å². The highest BCUT2D eigenvalue weighted by molar-refractivity contribution is 5.69. The summed E-state index contributed by atoms with van der Waals surface area (Å²) in [5.41, 5.74) is 13.1. The van der Waals surface area contributed by atoms with Crippen molar-refractivity contribution in [2.24, 2.45) is 0 Å². The second kappa shape index (κ2) is 2.76. The van der Waals surface area contributed by atoms with Crippen molar-refractivity contribution < 1.29 is 4.74 Å². The van der Waals surface area contributed by atoms with Crippen molar-refractivity contribution in [3.05, 3.63) is 11.8 Å². The molecule has 6 nitrogen and oxygen atoms in total. The van der Waals surface area contributed by atoms with Crippen molar-refractivity contribution in [2.45, 2.75) is 6.92 Å². The number of hydrogen-bond acceptors (Lipinski definition) is 5. The molecule has 0 bridgehead atoms. The third kappa shape index (κ3) is 1.04. The van der Waals surface area contributed by atoms with Gasteiger partial charge >= 0.3 is 0 Å². The van der Waals surface area contributed by atoms with Crippen LogP contribution in [0.3, 0.4) is 0 Å². The van der Waals surface area contributed by atoms with Crippen LogP contribution in [0.1, 0.15) is 5.69 Å². The molecule has 0 spiro atoms. The molecule has 0 aliphatic rings. The van der Waals surface area contributed by atoms with E-state index in [-0.39, 0.29) is 0 Å². The van der Waals surface area contributed by atoms with Crippen LogP contribution in [0.25, 0.3) is 5.65 Å². The molecule has 4 N–H and O–H groups in total. The predicted molar refractivity (Wildman–Crippen MR) is 53.1 cm³/mol. The van der Waals surface area contributed by atoms with Crippen LogP contribution < -0.4 is 16.2 Å². The summed E-state index contributed by atoms with van der Waals surface area (Å²) >= 11 is 0. The Labute approximate surface area is 80.5 Å². The molecule has 0 aliphatic carbocycles. The Balaban J connectivity index is 2.87. The quantitative estimate of drug-likeness (QED) is 0.675. The van der Waals surface area contributed by atoms with E-state index in [0.717, 1.165) is 0 Å². The Kier molecular flexibility index (Phi) is 1.70. The van der Waals surface area contributed by atoms with Crippen LogP contribution >= 0.6 is 0 Å². The van der Waals surface area contributed by atoms with Crippen LogP contribution in [0.2, 0.25) is 0 Å². The fourth-order valence-corrected chi connectivity index (χ4v) is 1.28. The maximum atomic E-state index is 5.77. The third-order valence-corrected chi connectivity index (χ3v) is 2.01. The van der Waals surface area contributed by atoms with E-state index in [4.69, 9.17) is 16.2 Å². The van der Waals surface area contributed by atoms with Gasteiger partial charge in [-0.05, 0) is 6.92 Å². The maximum Gasteiger partial charge on any atom is 0.219 e. The minimum absolute atomic E-state index is 0.362. The summed E-state index contributed by atoms with van der Waals surface area (Å²) in [5.74, 6) is 0.883. The molecular formula is C8H11N5O. The number of rotatable bonds is 1. The van der Waals surface area contributed by atoms with E-state index in [1.165, 1.54) is 4.52 Å². The Morgan fingerprint density at radius 1 is 1.43 bits per heavy atom. The molecule has 2 rings (SSSR count). The van der Waals surface area contributed by atoms with Gasteiger partial charge in [0.2, 0.25) is 5.88 Å². The number of anilines is 2. The molecule has 0 saturated heterocycles. The van der Waals surface area contributed by atoms with Crippen LogP contribution in [-0.2, 0) is 0 Å². The van der Waals surface area contributed by atoms with E-state index in [9.17, 15) is 0 Å². The number of ether oxygens (including phenoxy) is 1. The first-order valence-corrected chi connectivity index (χ1v) is 4.09. The molecule has 2 aromatic rings. The molecule has 14 heavy (non-hydrogen) atoms. The zero-order valence-corrected chi connectivity index (χ0v) is 7.98. The van der Waals surface area contributed by atoms with E-state index >= 15 is 0 Å². The summed E-state index contributed by atoms with van der Waals surface area (Å²) in [5, 5.41) is 4.17. The average Bonchev–Trinajstić information content (AvgIpc) is 2.43. The number of nitrogen functional groups attached to an aromatic ring is 2. The van der Waals surface area contributed by atoms with E-state index in [2.05, 4.69) is 10.1 Å². The molecule has 0 fully saturated rings. The molecule has 6 heteroatoms. The first-order chi connectivity index (χ1) is 6.63. The first-order valence-electron chi connectivity index (χ1n) is 4.09. The molecule has 0 aliphatic heterocycles. The minimum Gasteiger partial charge on any atom is -0.481 e. The van der Waals surface area contributed by atoms with E-state index in [1.54, 1.807) is 20.1 Å².